The Hall–Kier alpha value is -2.12. The van der Waals surface area contributed by atoms with Crippen molar-refractivity contribution in [3.05, 3.63) is 0 Å². The molecular formula is C27H39O8-. The molecular weight excluding hydrogens is 452 g/mol. The lowest BCUT2D eigenvalue weighted by Crippen LogP contribution is -2.63. The van der Waals surface area contributed by atoms with Crippen molar-refractivity contribution in [2.24, 2.45) is 46.3 Å². The zero-order chi connectivity index (χ0) is 25.4. The van der Waals surface area contributed by atoms with E-state index in [0.717, 1.165) is 38.5 Å². The maximum Gasteiger partial charge on any atom is 0.293 e. The van der Waals surface area contributed by atoms with E-state index in [-0.39, 0.29) is 71.1 Å². The fraction of sp³-hybridized carbons (Fsp3) is 0.852. The number of hydrogen-bond donors (Lipinski definition) is 0. The highest BCUT2D eigenvalue weighted by Crippen LogP contribution is 2.69. The van der Waals surface area contributed by atoms with E-state index in [1.54, 1.807) is 0 Å². The number of fused-ring (bicyclic) bond motifs is 5. The zero-order valence-corrected chi connectivity index (χ0v) is 21.1. The van der Waals surface area contributed by atoms with Gasteiger partial charge in [-0.2, -0.15) is 0 Å². The van der Waals surface area contributed by atoms with Crippen LogP contribution in [0.15, 0.2) is 0 Å². The van der Waals surface area contributed by atoms with Crippen molar-refractivity contribution in [2.75, 3.05) is 0 Å². The Morgan fingerprint density at radius 3 is 2.34 bits per heavy atom. The van der Waals surface area contributed by atoms with Crippen molar-refractivity contribution in [3.8, 4) is 0 Å². The highest BCUT2D eigenvalue weighted by Gasteiger charge is 2.67. The van der Waals surface area contributed by atoms with Crippen molar-refractivity contribution in [1.82, 2.24) is 0 Å². The molecule has 4 fully saturated rings. The topological polar surface area (TPSA) is 119 Å². The molecule has 4 aliphatic rings. The van der Waals surface area contributed by atoms with Crippen LogP contribution in [0.2, 0.25) is 0 Å². The predicted molar refractivity (Wildman–Crippen MR) is 122 cm³/mol. The van der Waals surface area contributed by atoms with Crippen LogP contribution < -0.4 is 5.11 Å². The molecule has 0 heterocycles. The molecule has 0 bridgehead atoms. The second-order valence-electron chi connectivity index (χ2n) is 12.0. The Kier molecular flexibility index (Phi) is 7.49. The van der Waals surface area contributed by atoms with Crippen molar-refractivity contribution in [1.29, 1.82) is 0 Å². The van der Waals surface area contributed by atoms with Gasteiger partial charge in [0.05, 0.1) is 0 Å². The number of carbonyl (C=O) groups excluding carboxylic acids is 4. The van der Waals surface area contributed by atoms with Crippen LogP contribution in [0.4, 0.5) is 0 Å². The van der Waals surface area contributed by atoms with E-state index < -0.39 is 5.97 Å². The second-order valence-corrected chi connectivity index (χ2v) is 12.0. The molecule has 11 atom stereocenters. The minimum atomic E-state index is -1.04. The molecule has 8 nitrogen and oxygen atoms in total. The summed E-state index contributed by atoms with van der Waals surface area (Å²) in [5.41, 5.74) is -0.348. The molecule has 0 N–H and O–H groups in total. The quantitative estimate of drug-likeness (QED) is 0.338. The highest BCUT2D eigenvalue weighted by atomic mass is 16.5. The lowest BCUT2D eigenvalue weighted by molar-refractivity contribution is -0.306. The largest absolute Gasteiger partial charge is 0.550 e. The molecule has 1 unspecified atom stereocenters. The lowest BCUT2D eigenvalue weighted by Gasteiger charge is -2.64. The van der Waals surface area contributed by atoms with Crippen LogP contribution >= 0.6 is 0 Å². The minimum absolute atomic E-state index is 0.0182. The van der Waals surface area contributed by atoms with Crippen molar-refractivity contribution in [3.63, 3.8) is 0 Å². The first-order valence-electron chi connectivity index (χ1n) is 13.2. The van der Waals surface area contributed by atoms with Crippen LogP contribution in [0.1, 0.15) is 78.6 Å². The first-order valence-corrected chi connectivity index (χ1v) is 13.2. The fourth-order valence-electron chi connectivity index (χ4n) is 9.29. The Labute approximate surface area is 207 Å². The third-order valence-corrected chi connectivity index (χ3v) is 10.9. The second kappa shape index (κ2) is 10.1. The van der Waals surface area contributed by atoms with Gasteiger partial charge in [0.2, 0.25) is 0 Å². The Morgan fingerprint density at radius 1 is 0.971 bits per heavy atom. The van der Waals surface area contributed by atoms with Crippen molar-refractivity contribution >= 4 is 25.4 Å². The number of ether oxygens (including phenoxy) is 3. The molecule has 0 aliphatic heterocycles. The standard InChI is InChI=1S/C27H40O8/c1-16(4-7-24(31)32)19-5-6-20-25-21(12-23(35-15-30)27(19,20)3)26(2)9-8-18(33-13-28)10-17(26)11-22(25)34-14-29/h13-23,25H,4-12H2,1-3H3,(H,31,32)/p-1/t16-,17+,18-,19?,20+,21+,22-,23-,25-,26+,27-/m1/s1. The highest BCUT2D eigenvalue weighted by molar-refractivity contribution is 5.64. The summed E-state index contributed by atoms with van der Waals surface area (Å²) in [5.74, 6) is 0.118. The van der Waals surface area contributed by atoms with Crippen LogP contribution in [0.5, 0.6) is 0 Å². The van der Waals surface area contributed by atoms with E-state index in [0.29, 0.717) is 32.3 Å². The number of rotatable bonds is 10. The zero-order valence-electron chi connectivity index (χ0n) is 21.1. The van der Waals surface area contributed by atoms with E-state index in [4.69, 9.17) is 14.2 Å². The SMILES string of the molecule is C[C@H](CCC(=O)[O-])C1CC[C@H]2[C@H]3[C@H](OC=O)C[C@@H]4C[C@H](OC=O)CC[C@]4(C)[C@H]3C[C@@H](OC=O)[C@]12C. The van der Waals surface area contributed by atoms with Gasteiger partial charge in [0.15, 0.2) is 0 Å². The maximum absolute atomic E-state index is 11.7. The molecule has 4 rings (SSSR count). The van der Waals surface area contributed by atoms with E-state index in [9.17, 15) is 24.3 Å². The summed E-state index contributed by atoms with van der Waals surface area (Å²) >= 11 is 0. The number of carboxylic acids is 1. The van der Waals surface area contributed by atoms with Crippen LogP contribution in [0.3, 0.4) is 0 Å². The number of hydrogen-bond acceptors (Lipinski definition) is 8. The molecule has 0 radical (unpaired) electrons. The molecule has 4 aliphatic carbocycles. The van der Waals surface area contributed by atoms with E-state index in [1.807, 2.05) is 0 Å². The average molecular weight is 492 g/mol. The molecule has 0 aromatic heterocycles. The molecule has 196 valence electrons. The summed E-state index contributed by atoms with van der Waals surface area (Å²) in [7, 11) is 0. The Morgan fingerprint density at radius 2 is 1.69 bits per heavy atom. The van der Waals surface area contributed by atoms with Crippen LogP contribution in [0, 0.1) is 46.3 Å². The van der Waals surface area contributed by atoms with Gasteiger partial charge in [-0.1, -0.05) is 20.8 Å². The van der Waals surface area contributed by atoms with Gasteiger partial charge >= 0.3 is 0 Å². The molecule has 8 heteroatoms. The molecule has 4 saturated carbocycles. The Bertz CT molecular complexity index is 815. The van der Waals surface area contributed by atoms with Crippen LogP contribution in [-0.2, 0) is 33.4 Å². The van der Waals surface area contributed by atoms with E-state index >= 15 is 0 Å². The van der Waals surface area contributed by atoms with Crippen LogP contribution in [0.25, 0.3) is 0 Å². The van der Waals surface area contributed by atoms with Gasteiger partial charge in [-0.25, -0.2) is 0 Å². The van der Waals surface area contributed by atoms with Crippen molar-refractivity contribution < 1.29 is 38.5 Å². The lowest BCUT2D eigenvalue weighted by atomic mass is 9.43. The van der Waals surface area contributed by atoms with Gasteiger partial charge in [-0.3, -0.25) is 14.4 Å². The van der Waals surface area contributed by atoms with Gasteiger partial charge in [0, 0.05) is 17.3 Å². The smallest absolute Gasteiger partial charge is 0.293 e. The minimum Gasteiger partial charge on any atom is -0.550 e. The summed E-state index contributed by atoms with van der Waals surface area (Å²) in [4.78, 5) is 45.4. The number of carbonyl (C=O) groups is 4. The van der Waals surface area contributed by atoms with Gasteiger partial charge in [0.1, 0.15) is 18.3 Å². The maximum atomic E-state index is 11.7. The first-order chi connectivity index (χ1) is 16.7. The molecule has 0 aromatic carbocycles. The molecule has 35 heavy (non-hydrogen) atoms. The summed E-state index contributed by atoms with van der Waals surface area (Å²) < 4.78 is 16.9. The third kappa shape index (κ3) is 4.35. The third-order valence-electron chi connectivity index (χ3n) is 10.9. The molecule has 0 spiro atoms. The monoisotopic (exact) mass is 491 g/mol. The fourth-order valence-corrected chi connectivity index (χ4v) is 9.29. The molecule has 0 amide bonds. The predicted octanol–water partition coefficient (Wildman–Crippen LogP) is 2.66. The first kappa shape index (κ1) is 26.0. The van der Waals surface area contributed by atoms with Gasteiger partial charge in [-0.15, -0.1) is 0 Å². The molecule has 0 saturated heterocycles. The normalized spacial score (nSPS) is 45.1. The number of carboxylic acid groups (broad SMARTS) is 1. The van der Waals surface area contributed by atoms with Crippen LogP contribution in [-0.4, -0.2) is 43.7 Å². The average Bonchev–Trinajstić information content (AvgIpc) is 3.17. The van der Waals surface area contributed by atoms with E-state index in [2.05, 4.69) is 20.8 Å². The van der Waals surface area contributed by atoms with Gasteiger partial charge < -0.3 is 24.1 Å². The summed E-state index contributed by atoms with van der Waals surface area (Å²) in [6, 6.07) is 0. The molecule has 0 aromatic rings. The summed E-state index contributed by atoms with van der Waals surface area (Å²) in [6.07, 6.45) is 5.70. The summed E-state index contributed by atoms with van der Waals surface area (Å²) in [6.45, 7) is 8.27. The summed E-state index contributed by atoms with van der Waals surface area (Å²) in [5, 5.41) is 11.1. The Balaban J connectivity index is 1.68. The number of aliphatic carboxylic acids is 1. The van der Waals surface area contributed by atoms with Crippen molar-refractivity contribution in [2.45, 2.75) is 96.9 Å². The van der Waals surface area contributed by atoms with Gasteiger partial charge in [0.25, 0.3) is 19.4 Å². The van der Waals surface area contributed by atoms with E-state index in [1.165, 1.54) is 0 Å². The van der Waals surface area contributed by atoms with Gasteiger partial charge in [-0.05, 0) is 92.8 Å².